The molecule has 6 heteroatoms. The molecule has 0 fully saturated rings. The Kier molecular flexibility index (Phi) is 5.76. The first-order valence-corrected chi connectivity index (χ1v) is 17.0. The smallest absolute Gasteiger partial charge is 0.197 e. The molecule has 0 amide bonds. The molecule has 1 atom stereocenters. The minimum atomic E-state index is -2.89. The van der Waals surface area contributed by atoms with Crippen LogP contribution in [-0.2, 0) is 0 Å². The number of nitrogens with zero attached hydrogens (tertiary/aromatic N) is 3. The first-order chi connectivity index (χ1) is 22.3. The molecule has 1 unspecified atom stereocenters. The Morgan fingerprint density at radius 1 is 0.400 bits per heavy atom. The van der Waals surface area contributed by atoms with Crippen molar-refractivity contribution in [2.24, 2.45) is 0 Å². The zero-order chi connectivity index (χ0) is 29.8. The fourth-order valence-corrected chi connectivity index (χ4v) is 11.9. The number of hydrogen-bond acceptors (Lipinski definition) is 5. The SMILES string of the molecule is c1ccc(-c2nc(-c3ccccc3)nc(-c3ccc4c5c3Oc3ccccc3[Si]5(c3ccccc3)c3ccccc3O4)n2)cc1. The van der Waals surface area contributed by atoms with E-state index in [1.807, 2.05) is 78.9 Å². The van der Waals surface area contributed by atoms with Crippen LogP contribution in [0.25, 0.3) is 34.2 Å². The summed E-state index contributed by atoms with van der Waals surface area (Å²) in [5.74, 6) is 5.03. The molecule has 0 saturated carbocycles. The quantitative estimate of drug-likeness (QED) is 0.219. The van der Waals surface area contributed by atoms with Crippen LogP contribution < -0.4 is 30.2 Å². The van der Waals surface area contributed by atoms with Crippen LogP contribution in [0, 0.1) is 0 Å². The van der Waals surface area contributed by atoms with Gasteiger partial charge in [0.25, 0.3) is 0 Å². The summed E-state index contributed by atoms with van der Waals surface area (Å²) in [6.07, 6.45) is 0. The topological polar surface area (TPSA) is 57.1 Å². The highest BCUT2D eigenvalue weighted by molar-refractivity contribution is 7.21. The summed E-state index contributed by atoms with van der Waals surface area (Å²) in [6, 6.07) is 51.9. The maximum atomic E-state index is 6.92. The van der Waals surface area contributed by atoms with Crippen molar-refractivity contribution in [2.75, 3.05) is 0 Å². The third-order valence-corrected chi connectivity index (χ3v) is 13.5. The summed E-state index contributed by atoms with van der Waals surface area (Å²) in [5.41, 5.74) is 2.64. The zero-order valence-corrected chi connectivity index (χ0v) is 25.1. The van der Waals surface area contributed by atoms with Gasteiger partial charge in [0, 0.05) is 16.3 Å². The van der Waals surface area contributed by atoms with Gasteiger partial charge >= 0.3 is 0 Å². The third kappa shape index (κ3) is 3.89. The second-order valence-electron chi connectivity index (χ2n) is 11.2. The average Bonchev–Trinajstić information content (AvgIpc) is 3.12. The van der Waals surface area contributed by atoms with Crippen molar-refractivity contribution < 1.29 is 9.47 Å². The molecule has 0 aliphatic carbocycles. The van der Waals surface area contributed by atoms with Gasteiger partial charge in [-0.15, -0.1) is 0 Å². The van der Waals surface area contributed by atoms with Gasteiger partial charge in [-0.3, -0.25) is 0 Å². The predicted octanol–water partition coefficient (Wildman–Crippen LogP) is 6.46. The third-order valence-electron chi connectivity index (χ3n) is 8.66. The highest BCUT2D eigenvalue weighted by atomic mass is 28.3. The first-order valence-electron chi connectivity index (χ1n) is 15.0. The second-order valence-corrected chi connectivity index (χ2v) is 14.8. The van der Waals surface area contributed by atoms with E-state index in [-0.39, 0.29) is 0 Å². The van der Waals surface area contributed by atoms with E-state index in [0.717, 1.165) is 44.9 Å². The summed E-state index contributed by atoms with van der Waals surface area (Å²) in [5, 5.41) is 4.74. The fourth-order valence-electron chi connectivity index (χ4n) is 6.73. The number of para-hydroxylation sites is 2. The summed E-state index contributed by atoms with van der Waals surface area (Å²) in [7, 11) is -2.89. The van der Waals surface area contributed by atoms with Crippen molar-refractivity contribution in [3.05, 3.63) is 152 Å². The Morgan fingerprint density at radius 3 is 1.49 bits per heavy atom. The molecular formula is C39H25N3O2Si. The summed E-state index contributed by atoms with van der Waals surface area (Å²) in [4.78, 5) is 15.1. The molecule has 2 aliphatic rings. The Morgan fingerprint density at radius 2 is 0.889 bits per heavy atom. The van der Waals surface area contributed by atoms with Gasteiger partial charge in [0.1, 0.15) is 23.0 Å². The molecule has 5 nitrogen and oxygen atoms in total. The molecule has 9 rings (SSSR count). The molecule has 0 bridgehead atoms. The summed E-state index contributed by atoms with van der Waals surface area (Å²) < 4.78 is 13.6. The Labute approximate surface area is 261 Å². The summed E-state index contributed by atoms with van der Waals surface area (Å²) >= 11 is 0. The lowest BCUT2D eigenvalue weighted by atomic mass is 10.1. The fraction of sp³-hybridized carbons (Fsp3) is 0. The molecular weight excluding hydrogens is 571 g/mol. The number of benzene rings is 6. The lowest BCUT2D eigenvalue weighted by molar-refractivity contribution is 0.464. The maximum Gasteiger partial charge on any atom is 0.197 e. The van der Waals surface area contributed by atoms with Crippen LogP contribution in [0.2, 0.25) is 0 Å². The molecule has 0 N–H and O–H groups in total. The molecule has 0 radical (unpaired) electrons. The van der Waals surface area contributed by atoms with Gasteiger partial charge in [0.05, 0.1) is 5.56 Å². The standard InChI is InChI=1S/C39H25N3O2Si/c1-4-14-26(15-5-1)37-40-38(27-16-6-2-7-17-27)42-39(41-37)29-24-25-32-36-35(29)44-31-21-11-13-23-34(31)45(36,28-18-8-3-9-19-28)33-22-12-10-20-30(33)43-32/h1-25H. The number of rotatable bonds is 4. The lowest BCUT2D eigenvalue weighted by Gasteiger charge is -2.43. The molecule has 212 valence electrons. The Bertz CT molecular complexity index is 2160. The minimum Gasteiger partial charge on any atom is -0.457 e. The van der Waals surface area contributed by atoms with Crippen molar-refractivity contribution in [3.8, 4) is 57.2 Å². The van der Waals surface area contributed by atoms with Crippen LogP contribution in [0.4, 0.5) is 0 Å². The van der Waals surface area contributed by atoms with Crippen LogP contribution in [0.5, 0.6) is 23.0 Å². The normalized spacial score (nSPS) is 15.6. The molecule has 0 spiro atoms. The molecule has 7 aromatic rings. The molecule has 3 heterocycles. The van der Waals surface area contributed by atoms with Crippen LogP contribution in [-0.4, -0.2) is 23.0 Å². The van der Waals surface area contributed by atoms with Gasteiger partial charge in [-0.2, -0.15) is 0 Å². The van der Waals surface area contributed by atoms with Gasteiger partial charge in [-0.1, -0.05) is 127 Å². The average molecular weight is 596 g/mol. The van der Waals surface area contributed by atoms with Gasteiger partial charge in [0.2, 0.25) is 0 Å². The number of hydrogen-bond donors (Lipinski definition) is 0. The first kappa shape index (κ1) is 25.6. The van der Waals surface area contributed by atoms with Gasteiger partial charge in [-0.05, 0) is 39.8 Å². The predicted molar refractivity (Wildman–Crippen MR) is 180 cm³/mol. The van der Waals surface area contributed by atoms with Crippen molar-refractivity contribution >= 4 is 28.8 Å². The highest BCUT2D eigenvalue weighted by Gasteiger charge is 2.54. The minimum absolute atomic E-state index is 0.551. The number of fused-ring (bicyclic) bond motifs is 4. The van der Waals surface area contributed by atoms with E-state index < -0.39 is 8.07 Å². The van der Waals surface area contributed by atoms with Crippen LogP contribution in [0.15, 0.2) is 152 Å². The van der Waals surface area contributed by atoms with E-state index in [9.17, 15) is 0 Å². The molecule has 45 heavy (non-hydrogen) atoms. The van der Waals surface area contributed by atoms with Crippen LogP contribution >= 0.6 is 0 Å². The molecule has 1 aromatic heterocycles. The second kappa shape index (κ2) is 10.1. The van der Waals surface area contributed by atoms with Crippen LogP contribution in [0.3, 0.4) is 0 Å². The monoisotopic (exact) mass is 595 g/mol. The molecule has 0 saturated heterocycles. The van der Waals surface area contributed by atoms with E-state index in [4.69, 9.17) is 24.4 Å². The van der Waals surface area contributed by atoms with E-state index >= 15 is 0 Å². The van der Waals surface area contributed by atoms with Gasteiger partial charge in [0.15, 0.2) is 25.5 Å². The number of aromatic nitrogens is 3. The van der Waals surface area contributed by atoms with Crippen molar-refractivity contribution in [1.82, 2.24) is 15.0 Å². The maximum absolute atomic E-state index is 6.92. The van der Waals surface area contributed by atoms with E-state index in [2.05, 4.69) is 72.8 Å². The van der Waals surface area contributed by atoms with E-state index in [1.165, 1.54) is 15.6 Å². The van der Waals surface area contributed by atoms with Gasteiger partial charge < -0.3 is 9.47 Å². The summed E-state index contributed by atoms with van der Waals surface area (Å²) in [6.45, 7) is 0. The van der Waals surface area contributed by atoms with Gasteiger partial charge in [-0.25, -0.2) is 15.0 Å². The zero-order valence-electron chi connectivity index (χ0n) is 24.1. The lowest BCUT2D eigenvalue weighted by Crippen LogP contribution is -2.77. The Hall–Kier alpha value is -5.85. The van der Waals surface area contributed by atoms with Crippen LogP contribution in [0.1, 0.15) is 0 Å². The molecule has 2 aliphatic heterocycles. The van der Waals surface area contributed by atoms with E-state index in [1.54, 1.807) is 0 Å². The van der Waals surface area contributed by atoms with E-state index in [0.29, 0.717) is 17.5 Å². The highest BCUT2D eigenvalue weighted by Crippen LogP contribution is 2.43. The Balaban J connectivity index is 1.37. The number of ether oxygens (including phenoxy) is 2. The largest absolute Gasteiger partial charge is 0.457 e. The molecule has 6 aromatic carbocycles. The van der Waals surface area contributed by atoms with Crippen molar-refractivity contribution in [1.29, 1.82) is 0 Å². The van der Waals surface area contributed by atoms with Crippen molar-refractivity contribution in [2.45, 2.75) is 0 Å². The van der Waals surface area contributed by atoms with Crippen molar-refractivity contribution in [3.63, 3.8) is 0 Å².